The van der Waals surface area contributed by atoms with Crippen LogP contribution in [0.2, 0.25) is 0 Å². The molecule has 0 aliphatic heterocycles. The van der Waals surface area contributed by atoms with Crippen LogP contribution in [-0.4, -0.2) is 42.5 Å². The van der Waals surface area contributed by atoms with Crippen molar-refractivity contribution in [2.75, 3.05) is 26.7 Å². The maximum Gasteiger partial charge on any atom is 0.236 e. The fourth-order valence-electron chi connectivity index (χ4n) is 1.39. The van der Waals surface area contributed by atoms with Crippen molar-refractivity contribution in [2.24, 2.45) is 0 Å². The predicted molar refractivity (Wildman–Crippen MR) is 68.6 cm³/mol. The van der Waals surface area contributed by atoms with Crippen molar-refractivity contribution in [3.63, 3.8) is 0 Å². The summed E-state index contributed by atoms with van der Waals surface area (Å²) in [6, 6.07) is 3.93. The predicted octanol–water partition coefficient (Wildman–Crippen LogP) is 0.858. The molecule has 0 atom stereocenters. The molecule has 0 radical (unpaired) electrons. The minimum Gasteiger partial charge on any atom is -0.344 e. The summed E-state index contributed by atoms with van der Waals surface area (Å²) < 4.78 is 0. The molecule has 0 unspecified atom stereocenters. The lowest BCUT2D eigenvalue weighted by molar-refractivity contribution is -0.128. The molecular weight excluding hydrogens is 214 g/mol. The second-order valence-corrected chi connectivity index (χ2v) is 3.84. The molecule has 0 spiro atoms. The van der Waals surface area contributed by atoms with E-state index < -0.39 is 0 Å². The lowest BCUT2D eigenvalue weighted by Crippen LogP contribution is -2.36. The number of hydrogen-bond donors (Lipinski definition) is 1. The SMILES string of the molecule is C=CCNCC(=O)N(C)CCc1ccncc1. The maximum atomic E-state index is 11.7. The molecule has 92 valence electrons. The molecule has 17 heavy (non-hydrogen) atoms. The van der Waals surface area contributed by atoms with Gasteiger partial charge in [0.25, 0.3) is 0 Å². The Balaban J connectivity index is 2.26. The molecule has 4 heteroatoms. The first-order chi connectivity index (χ1) is 8.24. The van der Waals surface area contributed by atoms with Crippen LogP contribution in [0, 0.1) is 0 Å². The largest absolute Gasteiger partial charge is 0.344 e. The first-order valence-corrected chi connectivity index (χ1v) is 5.68. The Hall–Kier alpha value is -1.68. The van der Waals surface area contributed by atoms with Crippen LogP contribution in [-0.2, 0) is 11.2 Å². The summed E-state index contributed by atoms with van der Waals surface area (Å²) in [5, 5.41) is 2.99. The van der Waals surface area contributed by atoms with Crippen molar-refractivity contribution in [1.82, 2.24) is 15.2 Å². The summed E-state index contributed by atoms with van der Waals surface area (Å²) in [5.41, 5.74) is 1.19. The molecule has 0 aliphatic carbocycles. The highest BCUT2D eigenvalue weighted by molar-refractivity contribution is 5.77. The molecule has 0 aliphatic rings. The Morgan fingerprint density at radius 3 is 2.88 bits per heavy atom. The summed E-state index contributed by atoms with van der Waals surface area (Å²) in [6.45, 7) is 5.32. The molecule has 1 amide bonds. The minimum atomic E-state index is 0.0981. The lowest BCUT2D eigenvalue weighted by atomic mass is 10.2. The van der Waals surface area contributed by atoms with Crippen molar-refractivity contribution in [1.29, 1.82) is 0 Å². The van der Waals surface area contributed by atoms with Gasteiger partial charge in [-0.3, -0.25) is 9.78 Å². The Bertz CT molecular complexity index is 351. The van der Waals surface area contributed by atoms with Crippen LogP contribution >= 0.6 is 0 Å². The highest BCUT2D eigenvalue weighted by Crippen LogP contribution is 1.98. The Morgan fingerprint density at radius 1 is 1.53 bits per heavy atom. The van der Waals surface area contributed by atoms with Crippen molar-refractivity contribution in [3.8, 4) is 0 Å². The van der Waals surface area contributed by atoms with Crippen molar-refractivity contribution < 1.29 is 4.79 Å². The minimum absolute atomic E-state index is 0.0981. The number of aromatic nitrogens is 1. The third-order valence-corrected chi connectivity index (χ3v) is 2.48. The number of likely N-dealkylation sites (N-methyl/N-ethyl adjacent to an activating group) is 1. The molecule has 1 N–H and O–H groups in total. The van der Waals surface area contributed by atoms with Gasteiger partial charge in [0.2, 0.25) is 5.91 Å². The second-order valence-electron chi connectivity index (χ2n) is 3.84. The fourth-order valence-corrected chi connectivity index (χ4v) is 1.39. The normalized spacial score (nSPS) is 9.94. The molecule has 0 fully saturated rings. The maximum absolute atomic E-state index is 11.7. The molecular formula is C13H19N3O. The number of carbonyl (C=O) groups is 1. The van der Waals surface area contributed by atoms with E-state index in [0.717, 1.165) is 13.0 Å². The number of hydrogen-bond acceptors (Lipinski definition) is 3. The highest BCUT2D eigenvalue weighted by Gasteiger charge is 2.07. The van der Waals surface area contributed by atoms with Crippen LogP contribution in [0.3, 0.4) is 0 Å². The molecule has 1 rings (SSSR count). The molecule has 1 heterocycles. The van der Waals surface area contributed by atoms with Gasteiger partial charge in [-0.2, -0.15) is 0 Å². The number of pyridine rings is 1. The van der Waals surface area contributed by atoms with Crippen molar-refractivity contribution >= 4 is 5.91 Å². The van der Waals surface area contributed by atoms with E-state index in [1.807, 2.05) is 19.2 Å². The molecule has 4 nitrogen and oxygen atoms in total. The van der Waals surface area contributed by atoms with Gasteiger partial charge in [-0.15, -0.1) is 6.58 Å². The van der Waals surface area contributed by atoms with E-state index in [1.165, 1.54) is 5.56 Å². The number of nitrogens with zero attached hydrogens (tertiary/aromatic N) is 2. The zero-order valence-electron chi connectivity index (χ0n) is 10.2. The number of amides is 1. The van der Waals surface area contributed by atoms with Crippen molar-refractivity contribution in [3.05, 3.63) is 42.7 Å². The van der Waals surface area contributed by atoms with E-state index in [2.05, 4.69) is 16.9 Å². The van der Waals surface area contributed by atoms with Gasteiger partial charge < -0.3 is 10.2 Å². The van der Waals surface area contributed by atoms with Crippen LogP contribution in [0.25, 0.3) is 0 Å². The van der Waals surface area contributed by atoms with Gasteiger partial charge in [0.05, 0.1) is 6.54 Å². The zero-order chi connectivity index (χ0) is 12.5. The van der Waals surface area contributed by atoms with E-state index in [1.54, 1.807) is 23.4 Å². The van der Waals surface area contributed by atoms with Gasteiger partial charge in [0.15, 0.2) is 0 Å². The molecule has 1 aromatic rings. The quantitative estimate of drug-likeness (QED) is 0.561. The summed E-state index contributed by atoms with van der Waals surface area (Å²) in [7, 11) is 1.82. The summed E-state index contributed by atoms with van der Waals surface area (Å²) in [6.07, 6.45) is 6.13. The lowest BCUT2D eigenvalue weighted by Gasteiger charge is -2.17. The van der Waals surface area contributed by atoms with E-state index in [0.29, 0.717) is 13.1 Å². The fraction of sp³-hybridized carbons (Fsp3) is 0.385. The Labute approximate surface area is 102 Å². The second kappa shape index (κ2) is 7.57. The van der Waals surface area contributed by atoms with E-state index in [4.69, 9.17) is 0 Å². The van der Waals surface area contributed by atoms with Gasteiger partial charge in [-0.05, 0) is 24.1 Å². The average Bonchev–Trinajstić information content (AvgIpc) is 2.37. The molecule has 0 bridgehead atoms. The monoisotopic (exact) mass is 233 g/mol. The van der Waals surface area contributed by atoms with Crippen LogP contribution in [0.1, 0.15) is 5.56 Å². The summed E-state index contributed by atoms with van der Waals surface area (Å²) in [5.74, 6) is 0.0981. The first kappa shape index (κ1) is 13.4. The molecule has 0 aromatic carbocycles. The van der Waals surface area contributed by atoms with Gasteiger partial charge in [-0.25, -0.2) is 0 Å². The van der Waals surface area contributed by atoms with E-state index in [9.17, 15) is 4.79 Å². The summed E-state index contributed by atoms with van der Waals surface area (Å²) in [4.78, 5) is 17.3. The smallest absolute Gasteiger partial charge is 0.236 e. The van der Waals surface area contributed by atoms with Gasteiger partial charge in [0, 0.05) is 32.5 Å². The number of rotatable bonds is 7. The van der Waals surface area contributed by atoms with Gasteiger partial charge in [-0.1, -0.05) is 6.08 Å². The molecule has 0 saturated heterocycles. The molecule has 1 aromatic heterocycles. The van der Waals surface area contributed by atoms with E-state index >= 15 is 0 Å². The first-order valence-electron chi connectivity index (χ1n) is 5.68. The zero-order valence-corrected chi connectivity index (χ0v) is 10.2. The van der Waals surface area contributed by atoms with E-state index in [-0.39, 0.29) is 5.91 Å². The third kappa shape index (κ3) is 5.26. The van der Waals surface area contributed by atoms with Gasteiger partial charge in [0.1, 0.15) is 0 Å². The van der Waals surface area contributed by atoms with Gasteiger partial charge >= 0.3 is 0 Å². The number of nitrogens with one attached hydrogen (secondary N) is 1. The Kier molecular flexibility index (Phi) is 5.96. The average molecular weight is 233 g/mol. The highest BCUT2D eigenvalue weighted by atomic mass is 16.2. The third-order valence-electron chi connectivity index (χ3n) is 2.48. The molecule has 0 saturated carbocycles. The standard InChI is InChI=1S/C13H19N3O/c1-3-7-15-11-13(17)16(2)10-6-12-4-8-14-9-5-12/h3-5,8-9,15H,1,6-7,10-11H2,2H3. The topological polar surface area (TPSA) is 45.2 Å². The van der Waals surface area contributed by atoms with Crippen LogP contribution in [0.5, 0.6) is 0 Å². The summed E-state index contributed by atoms with van der Waals surface area (Å²) >= 11 is 0. The Morgan fingerprint density at radius 2 is 2.24 bits per heavy atom. The van der Waals surface area contributed by atoms with Crippen LogP contribution in [0.4, 0.5) is 0 Å². The number of carbonyl (C=O) groups excluding carboxylic acids is 1. The van der Waals surface area contributed by atoms with Crippen LogP contribution < -0.4 is 5.32 Å². The van der Waals surface area contributed by atoms with Crippen LogP contribution in [0.15, 0.2) is 37.2 Å². The van der Waals surface area contributed by atoms with Crippen molar-refractivity contribution in [2.45, 2.75) is 6.42 Å².